The second kappa shape index (κ2) is 7.68. The van der Waals surface area contributed by atoms with E-state index in [9.17, 15) is 9.59 Å². The average molecular weight is 338 g/mol. The molecule has 0 radical (unpaired) electrons. The number of halogens is 1. The first-order valence-electron chi connectivity index (χ1n) is 7.03. The van der Waals surface area contributed by atoms with Crippen LogP contribution in [-0.4, -0.2) is 55.2 Å². The predicted octanol–water partition coefficient (Wildman–Crippen LogP) is 1.32. The van der Waals surface area contributed by atoms with Crippen LogP contribution in [0.25, 0.3) is 11.4 Å². The lowest BCUT2D eigenvalue weighted by Crippen LogP contribution is -2.38. The maximum absolute atomic E-state index is 12.1. The molecule has 0 unspecified atom stereocenters. The van der Waals surface area contributed by atoms with Crippen LogP contribution in [0.5, 0.6) is 0 Å². The molecule has 0 saturated heterocycles. The van der Waals surface area contributed by atoms with Crippen molar-refractivity contribution in [1.29, 1.82) is 0 Å². The van der Waals surface area contributed by atoms with Crippen molar-refractivity contribution in [2.75, 3.05) is 13.1 Å². The number of carbonyl (C=O) groups excluding carboxylic acids is 1. The van der Waals surface area contributed by atoms with Crippen molar-refractivity contribution < 1.29 is 14.7 Å². The van der Waals surface area contributed by atoms with E-state index in [0.717, 1.165) is 10.4 Å². The van der Waals surface area contributed by atoms with Crippen LogP contribution in [0.1, 0.15) is 13.3 Å². The number of carboxylic acids is 1. The monoisotopic (exact) mass is 337 g/mol. The number of carbonyl (C=O) groups is 2. The van der Waals surface area contributed by atoms with Gasteiger partial charge in [-0.1, -0.05) is 18.5 Å². The maximum Gasteiger partial charge on any atom is 0.323 e. The van der Waals surface area contributed by atoms with Crippen molar-refractivity contribution in [3.63, 3.8) is 0 Å². The fourth-order valence-corrected chi connectivity index (χ4v) is 2.10. The van der Waals surface area contributed by atoms with Gasteiger partial charge in [-0.3, -0.25) is 9.59 Å². The Kier molecular flexibility index (Phi) is 5.64. The number of amides is 1. The summed E-state index contributed by atoms with van der Waals surface area (Å²) >= 11 is 5.82. The van der Waals surface area contributed by atoms with Crippen molar-refractivity contribution in [3.8, 4) is 11.4 Å². The van der Waals surface area contributed by atoms with Crippen molar-refractivity contribution in [2.45, 2.75) is 19.9 Å². The highest BCUT2D eigenvalue weighted by atomic mass is 35.5. The summed E-state index contributed by atoms with van der Waals surface area (Å²) in [5.74, 6) is -1.05. The molecule has 1 N–H and O–H groups in total. The number of nitrogens with zero attached hydrogens (tertiary/aromatic N) is 5. The van der Waals surface area contributed by atoms with Crippen LogP contribution in [0.3, 0.4) is 0 Å². The molecule has 2 rings (SSSR count). The van der Waals surface area contributed by atoms with Gasteiger partial charge in [0.25, 0.3) is 0 Å². The average Bonchev–Trinajstić information content (AvgIpc) is 2.95. The molecule has 1 aromatic carbocycles. The molecule has 1 heterocycles. The van der Waals surface area contributed by atoms with Gasteiger partial charge in [-0.2, -0.15) is 4.80 Å². The van der Waals surface area contributed by atoms with E-state index < -0.39 is 5.97 Å². The first-order valence-corrected chi connectivity index (χ1v) is 7.40. The third kappa shape index (κ3) is 4.75. The molecule has 0 spiro atoms. The van der Waals surface area contributed by atoms with E-state index in [-0.39, 0.29) is 19.0 Å². The van der Waals surface area contributed by atoms with Gasteiger partial charge in [-0.15, -0.1) is 10.2 Å². The van der Waals surface area contributed by atoms with Crippen molar-refractivity contribution in [3.05, 3.63) is 29.3 Å². The summed E-state index contributed by atoms with van der Waals surface area (Å²) in [6, 6.07) is 6.91. The third-order valence-corrected chi connectivity index (χ3v) is 3.26. The zero-order valence-electron chi connectivity index (χ0n) is 12.5. The van der Waals surface area contributed by atoms with Gasteiger partial charge >= 0.3 is 5.97 Å². The number of carboxylic acid groups (broad SMARTS) is 1. The van der Waals surface area contributed by atoms with Gasteiger partial charge < -0.3 is 10.0 Å². The molecule has 0 fully saturated rings. The highest BCUT2D eigenvalue weighted by Crippen LogP contribution is 2.16. The van der Waals surface area contributed by atoms with Gasteiger partial charge in [0.1, 0.15) is 13.1 Å². The summed E-state index contributed by atoms with van der Waals surface area (Å²) in [5, 5.41) is 21.3. The standard InChI is InChI=1S/C14H16ClN5O3/c1-2-7-19(9-13(22)23)12(21)8-20-17-14(16-18-20)10-3-5-11(15)6-4-10/h3-6H,2,7-9H2,1H3,(H,22,23). The number of hydrogen-bond acceptors (Lipinski definition) is 5. The Morgan fingerprint density at radius 1 is 1.30 bits per heavy atom. The van der Waals surface area contributed by atoms with E-state index in [1.807, 2.05) is 6.92 Å². The minimum absolute atomic E-state index is 0.159. The summed E-state index contributed by atoms with van der Waals surface area (Å²) < 4.78 is 0. The normalized spacial score (nSPS) is 10.5. The van der Waals surface area contributed by atoms with Crippen molar-refractivity contribution >= 4 is 23.5 Å². The van der Waals surface area contributed by atoms with E-state index in [4.69, 9.17) is 16.7 Å². The van der Waals surface area contributed by atoms with Gasteiger partial charge in [-0.25, -0.2) is 0 Å². The molecule has 0 saturated carbocycles. The van der Waals surface area contributed by atoms with Crippen LogP contribution in [0.2, 0.25) is 5.02 Å². The molecule has 8 nitrogen and oxygen atoms in total. The molecule has 0 aliphatic carbocycles. The van der Waals surface area contributed by atoms with E-state index in [1.165, 1.54) is 4.90 Å². The zero-order valence-corrected chi connectivity index (χ0v) is 13.3. The Hall–Kier alpha value is -2.48. The Labute approximate surface area is 137 Å². The largest absolute Gasteiger partial charge is 0.480 e. The smallest absolute Gasteiger partial charge is 0.323 e. The lowest BCUT2D eigenvalue weighted by atomic mass is 10.2. The first kappa shape index (κ1) is 16.9. The molecule has 0 aliphatic rings. The van der Waals surface area contributed by atoms with Crippen LogP contribution < -0.4 is 0 Å². The van der Waals surface area contributed by atoms with Gasteiger partial charge in [0.15, 0.2) is 0 Å². The molecule has 0 aliphatic heterocycles. The summed E-state index contributed by atoms with van der Waals surface area (Å²) in [7, 11) is 0. The quantitative estimate of drug-likeness (QED) is 0.817. The van der Waals surface area contributed by atoms with Crippen LogP contribution in [0, 0.1) is 0 Å². The Morgan fingerprint density at radius 2 is 2.00 bits per heavy atom. The van der Waals surface area contributed by atoms with Crippen molar-refractivity contribution in [2.24, 2.45) is 0 Å². The molecule has 0 bridgehead atoms. The van der Waals surface area contributed by atoms with E-state index >= 15 is 0 Å². The third-order valence-electron chi connectivity index (χ3n) is 3.00. The second-order valence-corrected chi connectivity index (χ2v) is 5.30. The van der Waals surface area contributed by atoms with Gasteiger partial charge in [-0.05, 0) is 35.9 Å². The Balaban J connectivity index is 2.06. The zero-order chi connectivity index (χ0) is 16.8. The summed E-state index contributed by atoms with van der Waals surface area (Å²) in [5.41, 5.74) is 0.726. The number of aliphatic carboxylic acids is 1. The minimum atomic E-state index is -1.06. The van der Waals surface area contributed by atoms with Gasteiger partial charge in [0.05, 0.1) is 0 Å². The Bertz CT molecular complexity index is 686. The highest BCUT2D eigenvalue weighted by Gasteiger charge is 2.18. The topological polar surface area (TPSA) is 101 Å². The molecule has 2 aromatic rings. The van der Waals surface area contributed by atoms with Gasteiger partial charge in [0.2, 0.25) is 11.7 Å². The molecular weight excluding hydrogens is 322 g/mol. The molecule has 23 heavy (non-hydrogen) atoms. The fourth-order valence-electron chi connectivity index (χ4n) is 1.97. The number of tetrazole rings is 1. The lowest BCUT2D eigenvalue weighted by molar-refractivity contribution is -0.144. The molecule has 122 valence electrons. The first-order chi connectivity index (χ1) is 11.0. The number of benzene rings is 1. The van der Waals surface area contributed by atoms with Crippen LogP contribution in [0.15, 0.2) is 24.3 Å². The predicted molar refractivity (Wildman–Crippen MR) is 82.8 cm³/mol. The van der Waals surface area contributed by atoms with E-state index in [0.29, 0.717) is 23.8 Å². The van der Waals surface area contributed by atoms with Crippen LogP contribution >= 0.6 is 11.6 Å². The van der Waals surface area contributed by atoms with Crippen molar-refractivity contribution in [1.82, 2.24) is 25.1 Å². The number of aromatic nitrogens is 4. The van der Waals surface area contributed by atoms with Crippen LogP contribution in [-0.2, 0) is 16.1 Å². The van der Waals surface area contributed by atoms with Gasteiger partial charge in [0, 0.05) is 17.1 Å². The molecule has 9 heteroatoms. The second-order valence-electron chi connectivity index (χ2n) is 4.86. The van der Waals surface area contributed by atoms with E-state index in [1.54, 1.807) is 24.3 Å². The maximum atomic E-state index is 12.1. The highest BCUT2D eigenvalue weighted by molar-refractivity contribution is 6.30. The molecular formula is C14H16ClN5O3. The molecule has 0 atom stereocenters. The summed E-state index contributed by atoms with van der Waals surface area (Å²) in [6.07, 6.45) is 0.666. The van der Waals surface area contributed by atoms with Crippen LogP contribution in [0.4, 0.5) is 0 Å². The Morgan fingerprint density at radius 3 is 2.61 bits per heavy atom. The summed E-state index contributed by atoms with van der Waals surface area (Å²) in [6.45, 7) is 1.73. The minimum Gasteiger partial charge on any atom is -0.480 e. The number of hydrogen-bond donors (Lipinski definition) is 1. The molecule has 1 aromatic heterocycles. The number of rotatable bonds is 7. The van der Waals surface area contributed by atoms with E-state index in [2.05, 4.69) is 15.4 Å². The molecule has 1 amide bonds. The summed E-state index contributed by atoms with van der Waals surface area (Å²) in [4.78, 5) is 25.4. The lowest BCUT2D eigenvalue weighted by Gasteiger charge is -2.19. The fraction of sp³-hybridized carbons (Fsp3) is 0.357. The SMILES string of the molecule is CCCN(CC(=O)O)C(=O)Cn1nnc(-c2ccc(Cl)cc2)n1.